The summed E-state index contributed by atoms with van der Waals surface area (Å²) in [4.78, 5) is 10.9. The molecule has 1 aliphatic rings. The highest BCUT2D eigenvalue weighted by atomic mass is 15.2. The van der Waals surface area contributed by atoms with E-state index in [1.54, 1.807) is 0 Å². The SMILES string of the molecule is CCNc1cc(N(C)C2CCC(CC)CC2)nc(N)n1. The van der Waals surface area contributed by atoms with Crippen LogP contribution in [0, 0.1) is 5.92 Å². The zero-order valence-corrected chi connectivity index (χ0v) is 12.9. The fourth-order valence-electron chi connectivity index (χ4n) is 3.03. The first-order chi connectivity index (χ1) is 9.63. The van der Waals surface area contributed by atoms with Crippen LogP contribution in [0.25, 0.3) is 0 Å². The van der Waals surface area contributed by atoms with Crippen molar-refractivity contribution in [3.8, 4) is 0 Å². The summed E-state index contributed by atoms with van der Waals surface area (Å²) in [6.45, 7) is 5.18. The molecule has 0 aliphatic heterocycles. The van der Waals surface area contributed by atoms with Gasteiger partial charge in [0.15, 0.2) is 0 Å². The summed E-state index contributed by atoms with van der Waals surface area (Å²) in [5.74, 6) is 2.98. The highest BCUT2D eigenvalue weighted by Crippen LogP contribution is 2.31. The first-order valence-corrected chi connectivity index (χ1v) is 7.75. The van der Waals surface area contributed by atoms with E-state index in [4.69, 9.17) is 5.73 Å². The van der Waals surface area contributed by atoms with Gasteiger partial charge in [-0.2, -0.15) is 9.97 Å². The van der Waals surface area contributed by atoms with E-state index in [2.05, 4.69) is 34.2 Å². The Morgan fingerprint density at radius 3 is 2.55 bits per heavy atom. The molecule has 1 aromatic rings. The van der Waals surface area contributed by atoms with Gasteiger partial charge in [0.05, 0.1) is 0 Å². The Morgan fingerprint density at radius 1 is 1.25 bits per heavy atom. The Morgan fingerprint density at radius 2 is 1.95 bits per heavy atom. The molecule has 5 heteroatoms. The van der Waals surface area contributed by atoms with Gasteiger partial charge in [0.25, 0.3) is 0 Å². The molecule has 20 heavy (non-hydrogen) atoms. The second-order valence-electron chi connectivity index (χ2n) is 5.69. The Balaban J connectivity index is 2.07. The van der Waals surface area contributed by atoms with Gasteiger partial charge in [-0.15, -0.1) is 0 Å². The average Bonchev–Trinajstić information content (AvgIpc) is 2.46. The van der Waals surface area contributed by atoms with E-state index < -0.39 is 0 Å². The van der Waals surface area contributed by atoms with E-state index in [-0.39, 0.29) is 0 Å². The van der Waals surface area contributed by atoms with Crippen LogP contribution in [0.5, 0.6) is 0 Å². The lowest BCUT2D eigenvalue weighted by atomic mass is 9.84. The third kappa shape index (κ3) is 3.52. The number of hydrogen-bond donors (Lipinski definition) is 2. The third-order valence-corrected chi connectivity index (χ3v) is 4.39. The van der Waals surface area contributed by atoms with Gasteiger partial charge in [0.2, 0.25) is 5.95 Å². The molecule has 1 saturated carbocycles. The van der Waals surface area contributed by atoms with Gasteiger partial charge >= 0.3 is 0 Å². The molecule has 2 rings (SSSR count). The zero-order chi connectivity index (χ0) is 14.5. The minimum atomic E-state index is 0.340. The summed E-state index contributed by atoms with van der Waals surface area (Å²) < 4.78 is 0. The van der Waals surface area contributed by atoms with Crippen LogP contribution in [0.2, 0.25) is 0 Å². The molecule has 1 fully saturated rings. The molecule has 0 aromatic carbocycles. The molecular weight excluding hydrogens is 250 g/mol. The molecule has 5 nitrogen and oxygen atoms in total. The van der Waals surface area contributed by atoms with Crippen LogP contribution in [-0.4, -0.2) is 29.6 Å². The second-order valence-corrected chi connectivity index (χ2v) is 5.69. The Kier molecular flexibility index (Phi) is 5.04. The first-order valence-electron chi connectivity index (χ1n) is 7.75. The Bertz CT molecular complexity index is 426. The maximum Gasteiger partial charge on any atom is 0.223 e. The highest BCUT2D eigenvalue weighted by molar-refractivity contribution is 5.52. The van der Waals surface area contributed by atoms with E-state index in [9.17, 15) is 0 Å². The second kappa shape index (κ2) is 6.77. The maximum absolute atomic E-state index is 5.81. The molecule has 1 heterocycles. The van der Waals surface area contributed by atoms with Crippen LogP contribution >= 0.6 is 0 Å². The summed E-state index contributed by atoms with van der Waals surface area (Å²) >= 11 is 0. The monoisotopic (exact) mass is 277 g/mol. The smallest absolute Gasteiger partial charge is 0.223 e. The zero-order valence-electron chi connectivity index (χ0n) is 12.9. The molecule has 0 amide bonds. The van der Waals surface area contributed by atoms with E-state index in [0.29, 0.717) is 12.0 Å². The van der Waals surface area contributed by atoms with Crippen molar-refractivity contribution in [2.24, 2.45) is 5.92 Å². The number of aromatic nitrogens is 2. The Labute approximate surface area is 122 Å². The quantitative estimate of drug-likeness (QED) is 0.866. The highest BCUT2D eigenvalue weighted by Gasteiger charge is 2.24. The molecule has 3 N–H and O–H groups in total. The van der Waals surface area contributed by atoms with Gasteiger partial charge < -0.3 is 16.0 Å². The number of rotatable bonds is 5. The largest absolute Gasteiger partial charge is 0.370 e. The number of anilines is 3. The van der Waals surface area contributed by atoms with Crippen molar-refractivity contribution in [2.75, 3.05) is 29.5 Å². The number of nitrogen functional groups attached to an aromatic ring is 1. The molecule has 0 radical (unpaired) electrons. The summed E-state index contributed by atoms with van der Waals surface area (Å²) in [6, 6.07) is 2.56. The van der Waals surface area contributed by atoms with Crippen LogP contribution in [0.1, 0.15) is 46.0 Å². The van der Waals surface area contributed by atoms with Gasteiger partial charge in [-0.1, -0.05) is 13.3 Å². The van der Waals surface area contributed by atoms with Gasteiger partial charge in [-0.25, -0.2) is 0 Å². The molecule has 0 spiro atoms. The van der Waals surface area contributed by atoms with E-state index in [1.807, 2.05) is 13.0 Å². The molecule has 1 aliphatic carbocycles. The van der Waals surface area contributed by atoms with Gasteiger partial charge in [-0.3, -0.25) is 0 Å². The summed E-state index contributed by atoms with van der Waals surface area (Å²) in [5.41, 5.74) is 5.81. The topological polar surface area (TPSA) is 67.1 Å². The number of nitrogens with two attached hydrogens (primary N) is 1. The number of nitrogens with zero attached hydrogens (tertiary/aromatic N) is 3. The maximum atomic E-state index is 5.81. The predicted molar refractivity (Wildman–Crippen MR) is 85.0 cm³/mol. The van der Waals surface area contributed by atoms with E-state index >= 15 is 0 Å². The van der Waals surface area contributed by atoms with Crippen molar-refractivity contribution in [3.63, 3.8) is 0 Å². The predicted octanol–water partition coefficient (Wildman–Crippen LogP) is 2.90. The summed E-state index contributed by atoms with van der Waals surface area (Å²) in [6.07, 6.45) is 6.45. The fourth-order valence-corrected chi connectivity index (χ4v) is 3.03. The molecule has 0 saturated heterocycles. The molecule has 1 aromatic heterocycles. The number of nitrogens with one attached hydrogen (secondary N) is 1. The van der Waals surface area contributed by atoms with Gasteiger partial charge in [-0.05, 0) is 38.5 Å². The minimum Gasteiger partial charge on any atom is -0.370 e. The van der Waals surface area contributed by atoms with E-state index in [1.165, 1.54) is 32.1 Å². The lowest BCUT2D eigenvalue weighted by molar-refractivity contribution is 0.313. The van der Waals surface area contributed by atoms with Crippen LogP contribution in [0.4, 0.5) is 17.6 Å². The van der Waals surface area contributed by atoms with Crippen LogP contribution < -0.4 is 16.0 Å². The molecule has 0 atom stereocenters. The van der Waals surface area contributed by atoms with Gasteiger partial charge in [0, 0.05) is 25.7 Å². The van der Waals surface area contributed by atoms with Crippen molar-refractivity contribution < 1.29 is 0 Å². The van der Waals surface area contributed by atoms with Gasteiger partial charge in [0.1, 0.15) is 11.6 Å². The van der Waals surface area contributed by atoms with Crippen LogP contribution in [0.3, 0.4) is 0 Å². The fraction of sp³-hybridized carbons (Fsp3) is 0.733. The Hall–Kier alpha value is -1.52. The lowest BCUT2D eigenvalue weighted by Crippen LogP contribution is -2.35. The lowest BCUT2D eigenvalue weighted by Gasteiger charge is -2.35. The van der Waals surface area contributed by atoms with Crippen molar-refractivity contribution in [3.05, 3.63) is 6.07 Å². The molecule has 112 valence electrons. The molecular formula is C15H27N5. The third-order valence-electron chi connectivity index (χ3n) is 4.39. The molecule has 0 unspecified atom stereocenters. The normalized spacial score (nSPS) is 22.6. The van der Waals surface area contributed by atoms with Crippen LogP contribution in [0.15, 0.2) is 6.07 Å². The summed E-state index contributed by atoms with van der Waals surface area (Å²) in [7, 11) is 2.12. The van der Waals surface area contributed by atoms with Crippen molar-refractivity contribution in [1.82, 2.24) is 9.97 Å². The average molecular weight is 277 g/mol. The standard InChI is InChI=1S/C15H27N5/c1-4-11-6-8-12(9-7-11)20(3)14-10-13(17-5-2)18-15(16)19-14/h10-12H,4-9H2,1-3H3,(H3,16,17,18,19). The van der Waals surface area contributed by atoms with Crippen molar-refractivity contribution in [1.29, 1.82) is 0 Å². The van der Waals surface area contributed by atoms with E-state index in [0.717, 1.165) is 24.1 Å². The first kappa shape index (κ1) is 14.9. The van der Waals surface area contributed by atoms with Crippen molar-refractivity contribution in [2.45, 2.75) is 52.0 Å². The summed E-state index contributed by atoms with van der Waals surface area (Å²) in [5, 5.41) is 3.20. The molecule has 0 bridgehead atoms. The minimum absolute atomic E-state index is 0.340. The number of hydrogen-bond acceptors (Lipinski definition) is 5. The van der Waals surface area contributed by atoms with Crippen molar-refractivity contribution >= 4 is 17.6 Å². The van der Waals surface area contributed by atoms with Crippen LogP contribution in [-0.2, 0) is 0 Å².